The van der Waals surface area contributed by atoms with Gasteiger partial charge in [0.05, 0.1) is 53.1 Å². The summed E-state index contributed by atoms with van der Waals surface area (Å²) < 4.78 is 19.1. The molecule has 278 valence electrons. The third-order valence-electron chi connectivity index (χ3n) is 11.6. The summed E-state index contributed by atoms with van der Waals surface area (Å²) in [5.41, 5.74) is 0.384. The third-order valence-corrected chi connectivity index (χ3v) is 11.6. The van der Waals surface area contributed by atoms with Crippen LogP contribution >= 0.6 is 0 Å². The maximum absolute atomic E-state index is 15.0. The minimum atomic E-state index is -0.852. The van der Waals surface area contributed by atoms with E-state index in [0.717, 1.165) is 0 Å². The van der Waals surface area contributed by atoms with Gasteiger partial charge in [0.2, 0.25) is 5.78 Å². The van der Waals surface area contributed by atoms with Gasteiger partial charge in [-0.2, -0.15) is 0 Å². The molecule has 11 heteroatoms. The molecule has 3 aliphatic rings. The molecule has 11 nitrogen and oxygen atoms in total. The number of allylic oxidation sites excluding steroid dienone is 4. The lowest BCUT2D eigenvalue weighted by molar-refractivity contribution is -0.176. The Labute approximate surface area is 304 Å². The second-order valence-corrected chi connectivity index (χ2v) is 15.3. The summed E-state index contributed by atoms with van der Waals surface area (Å²) in [7, 11) is 7.46. The van der Waals surface area contributed by atoms with E-state index >= 15 is 0 Å². The van der Waals surface area contributed by atoms with Crippen molar-refractivity contribution in [2.24, 2.45) is 0 Å². The molecule has 52 heavy (non-hydrogen) atoms. The number of benzene rings is 2. The number of hydrogen-bond acceptors (Lipinski definition) is 11. The molecule has 0 bridgehead atoms. The first kappa shape index (κ1) is 37.8. The lowest BCUT2D eigenvalue weighted by Gasteiger charge is -2.49. The van der Waals surface area contributed by atoms with Crippen molar-refractivity contribution in [3.8, 4) is 5.75 Å². The van der Waals surface area contributed by atoms with Crippen LogP contribution in [0.5, 0.6) is 5.75 Å². The molecule has 1 aromatic heterocycles. The van der Waals surface area contributed by atoms with Crippen LogP contribution in [0.4, 0.5) is 0 Å². The predicted octanol–water partition coefficient (Wildman–Crippen LogP) is 5.23. The molecule has 0 saturated carbocycles. The number of rotatable bonds is 6. The summed E-state index contributed by atoms with van der Waals surface area (Å²) >= 11 is 0. The number of aliphatic hydroxyl groups is 2. The highest BCUT2D eigenvalue weighted by molar-refractivity contribution is 6.33. The van der Waals surface area contributed by atoms with Gasteiger partial charge >= 0.3 is 0 Å². The van der Waals surface area contributed by atoms with Crippen LogP contribution in [0, 0.1) is 6.92 Å². The summed E-state index contributed by atoms with van der Waals surface area (Å²) in [6, 6.07) is 4.28. The lowest BCUT2D eigenvalue weighted by Crippen LogP contribution is -2.59. The Kier molecular flexibility index (Phi) is 10.0. The quantitative estimate of drug-likeness (QED) is 0.225. The first-order valence-electron chi connectivity index (χ1n) is 17.8. The predicted molar refractivity (Wildman–Crippen MR) is 198 cm³/mol. The van der Waals surface area contributed by atoms with Crippen LogP contribution < -0.4 is 5.43 Å². The van der Waals surface area contributed by atoms with E-state index < -0.39 is 59.5 Å². The molecular formula is C41H50N2O9. The maximum Gasteiger partial charge on any atom is 0.202 e. The van der Waals surface area contributed by atoms with Gasteiger partial charge in [0.25, 0.3) is 0 Å². The number of aryl methyl sites for hydroxylation is 1. The molecule has 3 aromatic rings. The van der Waals surface area contributed by atoms with Crippen LogP contribution in [0.3, 0.4) is 0 Å². The minimum absolute atomic E-state index is 0.00511. The molecule has 2 fully saturated rings. The molecule has 0 amide bonds. The second kappa shape index (κ2) is 13.8. The zero-order chi connectivity index (χ0) is 38.1. The minimum Gasteiger partial charge on any atom is -0.507 e. The standard InChI is InChI=1S/C41H50N2O9/c1-11-12-13-19(2)28-17-27(44)31-20(3)14-25-33(39(31)52-28)38(48)34-32(37(25)47)23(29-16-26(42(7)8)35(45)21(4)50-29)15-24(36(34)46)30-18-41(6,43(9)10)40(49)22(5)51-30/h11-15,17,21-22,26,29-30,35,40,45-46,49H,16,18H2,1-10H3. The number of phenolic OH excluding ortho intramolecular Hbond substituents is 1. The number of fused-ring (bicyclic) bond motifs is 4. The highest BCUT2D eigenvalue weighted by Crippen LogP contribution is 2.49. The van der Waals surface area contributed by atoms with Crippen molar-refractivity contribution >= 4 is 28.1 Å². The summed E-state index contributed by atoms with van der Waals surface area (Å²) in [6.07, 6.45) is 1.55. The molecule has 3 N–H and O–H groups in total. The Bertz CT molecular complexity index is 2080. The molecule has 2 aliphatic heterocycles. The normalized spacial score (nSPS) is 29.7. The summed E-state index contributed by atoms with van der Waals surface area (Å²) in [5, 5.41) is 34.6. The number of carbonyl (C=O) groups excluding carboxylic acids is 2. The van der Waals surface area contributed by atoms with Gasteiger partial charge in [0, 0.05) is 34.3 Å². The number of carbonyl (C=O) groups is 2. The third kappa shape index (κ3) is 5.97. The molecule has 0 spiro atoms. The molecule has 2 aromatic carbocycles. The van der Waals surface area contributed by atoms with E-state index in [0.29, 0.717) is 23.1 Å². The van der Waals surface area contributed by atoms with Crippen LogP contribution in [0.25, 0.3) is 16.5 Å². The van der Waals surface area contributed by atoms with Gasteiger partial charge in [0.1, 0.15) is 11.5 Å². The van der Waals surface area contributed by atoms with Gasteiger partial charge in [0.15, 0.2) is 16.8 Å². The highest BCUT2D eigenvalue weighted by Gasteiger charge is 2.49. The van der Waals surface area contributed by atoms with Gasteiger partial charge in [-0.25, -0.2) is 0 Å². The number of ether oxygens (including phenoxy) is 2. The molecule has 6 rings (SSSR count). The largest absolute Gasteiger partial charge is 0.507 e. The maximum atomic E-state index is 15.0. The SMILES string of the molecule is CC=CC=C(C)c1cc(=O)c2c(C)cc3c(c2o1)C(=O)c1c(O)c(C2CC(C)(N(C)C)C(O)C(C)O2)cc(C2CC(N(C)C)C(O)C(C)O2)c1C3=O. The van der Waals surface area contributed by atoms with Crippen molar-refractivity contribution in [3.05, 3.63) is 91.4 Å². The Hall–Kier alpha value is -3.97. The topological polar surface area (TPSA) is 150 Å². The van der Waals surface area contributed by atoms with E-state index in [4.69, 9.17) is 13.9 Å². The second-order valence-electron chi connectivity index (χ2n) is 15.3. The van der Waals surface area contributed by atoms with Gasteiger partial charge < -0.3 is 39.0 Å². The number of aliphatic hydroxyl groups excluding tert-OH is 2. The molecule has 8 unspecified atom stereocenters. The average Bonchev–Trinajstić information content (AvgIpc) is 3.08. The fourth-order valence-electron chi connectivity index (χ4n) is 8.18. The van der Waals surface area contributed by atoms with Crippen molar-refractivity contribution in [2.75, 3.05) is 28.2 Å². The smallest absolute Gasteiger partial charge is 0.202 e. The number of hydrogen-bond donors (Lipinski definition) is 3. The van der Waals surface area contributed by atoms with Crippen molar-refractivity contribution < 1.29 is 38.8 Å². The average molecular weight is 715 g/mol. The van der Waals surface area contributed by atoms with Gasteiger partial charge in [-0.15, -0.1) is 0 Å². The molecule has 8 atom stereocenters. The molecule has 3 heterocycles. The first-order valence-corrected chi connectivity index (χ1v) is 17.8. The van der Waals surface area contributed by atoms with Crippen molar-refractivity contribution in [2.45, 2.75) is 103 Å². The van der Waals surface area contributed by atoms with Crippen molar-refractivity contribution in [1.29, 1.82) is 0 Å². The molecule has 1 aliphatic carbocycles. The van der Waals surface area contributed by atoms with Gasteiger partial charge in [-0.1, -0.05) is 18.2 Å². The number of aromatic hydroxyl groups is 1. The number of phenols is 1. The number of ketones is 2. The van der Waals surface area contributed by atoms with Crippen molar-refractivity contribution in [1.82, 2.24) is 9.80 Å². The van der Waals surface area contributed by atoms with Crippen LogP contribution in [0.2, 0.25) is 0 Å². The Balaban J connectivity index is 1.64. The van der Waals surface area contributed by atoms with Gasteiger partial charge in [-0.05, 0) is 111 Å². The lowest BCUT2D eigenvalue weighted by atomic mass is 9.74. The Morgan fingerprint density at radius 3 is 2.23 bits per heavy atom. The molecule has 0 radical (unpaired) electrons. The summed E-state index contributed by atoms with van der Waals surface area (Å²) in [6.45, 7) is 10.8. The number of likely N-dealkylation sites (N-methyl/N-ethyl adjacent to an activating group) is 2. The monoisotopic (exact) mass is 714 g/mol. The van der Waals surface area contributed by atoms with Gasteiger partial charge in [-0.3, -0.25) is 14.4 Å². The van der Waals surface area contributed by atoms with E-state index in [1.54, 1.807) is 52.0 Å². The number of nitrogens with zero attached hydrogens (tertiary/aromatic N) is 2. The van der Waals surface area contributed by atoms with Crippen LogP contribution in [-0.4, -0.2) is 101 Å². The van der Waals surface area contributed by atoms with Crippen LogP contribution in [0.1, 0.15) is 114 Å². The molecule has 2 saturated heterocycles. The van der Waals surface area contributed by atoms with E-state index in [1.807, 2.05) is 57.9 Å². The van der Waals surface area contributed by atoms with E-state index in [-0.39, 0.29) is 62.4 Å². The molecular weight excluding hydrogens is 664 g/mol. The van der Waals surface area contributed by atoms with Crippen LogP contribution in [0.15, 0.2) is 45.6 Å². The van der Waals surface area contributed by atoms with Crippen LogP contribution in [-0.2, 0) is 9.47 Å². The fraction of sp³-hybridized carbons (Fsp3) is 0.488. The Morgan fingerprint density at radius 2 is 1.60 bits per heavy atom. The zero-order valence-corrected chi connectivity index (χ0v) is 31.6. The first-order chi connectivity index (χ1) is 24.4. The summed E-state index contributed by atoms with van der Waals surface area (Å²) in [4.78, 5) is 47.3. The van der Waals surface area contributed by atoms with Crippen molar-refractivity contribution in [3.63, 3.8) is 0 Å². The van der Waals surface area contributed by atoms with E-state index in [9.17, 15) is 29.7 Å². The summed E-state index contributed by atoms with van der Waals surface area (Å²) in [5.74, 6) is -1.35. The van der Waals surface area contributed by atoms with E-state index in [1.165, 1.54) is 6.07 Å². The Morgan fingerprint density at radius 1 is 0.923 bits per heavy atom. The highest BCUT2D eigenvalue weighted by atomic mass is 16.5. The fourth-order valence-corrected chi connectivity index (χ4v) is 8.18. The zero-order valence-electron chi connectivity index (χ0n) is 31.6. The van der Waals surface area contributed by atoms with E-state index in [2.05, 4.69) is 0 Å².